The Morgan fingerprint density at radius 2 is 1.62 bits per heavy atom. The van der Waals surface area contributed by atoms with Gasteiger partial charge in [0.15, 0.2) is 0 Å². The quantitative estimate of drug-likeness (QED) is 0.665. The zero-order valence-corrected chi connectivity index (χ0v) is 13.8. The van der Waals surface area contributed by atoms with Crippen molar-refractivity contribution in [1.82, 2.24) is 0 Å². The number of hydrogen-bond donors (Lipinski definition) is 0. The molecule has 4 saturated carbocycles. The molecule has 4 aliphatic rings. The SMILES string of the molecule is CC1(C)C(=O)CCC2(C)C1CCC13CCC12CCCC3=O. The second-order valence-electron chi connectivity index (χ2n) is 9.09. The highest BCUT2D eigenvalue weighted by Gasteiger charge is 2.75. The van der Waals surface area contributed by atoms with Crippen molar-refractivity contribution in [3.8, 4) is 0 Å². The van der Waals surface area contributed by atoms with Crippen molar-refractivity contribution in [2.75, 3.05) is 0 Å². The van der Waals surface area contributed by atoms with E-state index in [1.807, 2.05) is 0 Å². The molecule has 4 atom stereocenters. The van der Waals surface area contributed by atoms with Gasteiger partial charge in [0.1, 0.15) is 11.6 Å². The second-order valence-corrected chi connectivity index (χ2v) is 9.09. The molecule has 4 rings (SSSR count). The van der Waals surface area contributed by atoms with Gasteiger partial charge < -0.3 is 0 Å². The van der Waals surface area contributed by atoms with E-state index < -0.39 is 0 Å². The lowest BCUT2D eigenvalue weighted by Gasteiger charge is -2.75. The Labute approximate surface area is 128 Å². The van der Waals surface area contributed by atoms with Crippen LogP contribution in [0.2, 0.25) is 0 Å². The highest BCUT2D eigenvalue weighted by molar-refractivity contribution is 5.89. The fourth-order valence-electron chi connectivity index (χ4n) is 7.41. The zero-order chi connectivity index (χ0) is 15.1. The Kier molecular flexibility index (Phi) is 2.53. The first kappa shape index (κ1) is 14.0. The molecule has 2 heteroatoms. The molecule has 0 saturated heterocycles. The van der Waals surface area contributed by atoms with Gasteiger partial charge in [-0.3, -0.25) is 9.59 Å². The van der Waals surface area contributed by atoms with Gasteiger partial charge in [0.2, 0.25) is 0 Å². The van der Waals surface area contributed by atoms with Crippen molar-refractivity contribution >= 4 is 11.6 Å². The maximum absolute atomic E-state index is 12.8. The molecule has 0 bridgehead atoms. The Bertz CT molecular complexity index is 534. The zero-order valence-electron chi connectivity index (χ0n) is 13.8. The highest BCUT2D eigenvalue weighted by Crippen LogP contribution is 2.79. The van der Waals surface area contributed by atoms with E-state index >= 15 is 0 Å². The molecule has 0 amide bonds. The van der Waals surface area contributed by atoms with Crippen molar-refractivity contribution in [3.05, 3.63) is 0 Å². The fraction of sp³-hybridized carbons (Fsp3) is 0.895. The monoisotopic (exact) mass is 288 g/mol. The van der Waals surface area contributed by atoms with Crippen LogP contribution in [-0.4, -0.2) is 11.6 Å². The van der Waals surface area contributed by atoms with Crippen LogP contribution in [0, 0.1) is 27.6 Å². The molecule has 0 radical (unpaired) electrons. The molecule has 0 aromatic rings. The number of carbonyl (C=O) groups excluding carboxylic acids is 2. The van der Waals surface area contributed by atoms with E-state index in [1.54, 1.807) is 0 Å². The lowest BCUT2D eigenvalue weighted by molar-refractivity contribution is -0.255. The van der Waals surface area contributed by atoms with Gasteiger partial charge in [0.25, 0.3) is 0 Å². The number of fused-ring (bicyclic) bond motifs is 1. The third-order valence-electron chi connectivity index (χ3n) is 8.62. The van der Waals surface area contributed by atoms with Crippen LogP contribution < -0.4 is 0 Å². The average Bonchev–Trinajstić information content (AvgIpc) is 2.40. The summed E-state index contributed by atoms with van der Waals surface area (Å²) in [5, 5.41) is 0. The highest BCUT2D eigenvalue weighted by atomic mass is 16.1. The van der Waals surface area contributed by atoms with Crippen molar-refractivity contribution < 1.29 is 9.59 Å². The number of Topliss-reactive ketones (excluding diaryl/α,β-unsaturated/α-hetero) is 2. The minimum absolute atomic E-state index is 0.00691. The summed E-state index contributed by atoms with van der Waals surface area (Å²) in [5.74, 6) is 1.50. The van der Waals surface area contributed by atoms with E-state index in [9.17, 15) is 9.59 Å². The van der Waals surface area contributed by atoms with Crippen LogP contribution in [0.5, 0.6) is 0 Å². The van der Waals surface area contributed by atoms with Crippen molar-refractivity contribution in [3.63, 3.8) is 0 Å². The average molecular weight is 288 g/mol. The minimum Gasteiger partial charge on any atom is -0.299 e. The van der Waals surface area contributed by atoms with E-state index in [1.165, 1.54) is 12.8 Å². The van der Waals surface area contributed by atoms with Crippen LogP contribution in [0.1, 0.15) is 78.6 Å². The van der Waals surface area contributed by atoms with Gasteiger partial charge in [-0.05, 0) is 61.7 Å². The number of hydrogen-bond acceptors (Lipinski definition) is 2. The molecule has 116 valence electrons. The molecule has 0 aromatic heterocycles. The van der Waals surface area contributed by atoms with Crippen LogP contribution in [0.3, 0.4) is 0 Å². The van der Waals surface area contributed by atoms with Crippen molar-refractivity contribution in [2.45, 2.75) is 78.6 Å². The summed E-state index contributed by atoms with van der Waals surface area (Å²) in [6, 6.07) is 0. The summed E-state index contributed by atoms with van der Waals surface area (Å²) in [5.41, 5.74) is 0.254. The summed E-state index contributed by atoms with van der Waals surface area (Å²) in [4.78, 5) is 25.3. The summed E-state index contributed by atoms with van der Waals surface area (Å²) >= 11 is 0. The Morgan fingerprint density at radius 1 is 0.857 bits per heavy atom. The molecule has 2 nitrogen and oxygen atoms in total. The smallest absolute Gasteiger partial charge is 0.139 e. The van der Waals surface area contributed by atoms with Gasteiger partial charge >= 0.3 is 0 Å². The van der Waals surface area contributed by atoms with E-state index in [4.69, 9.17) is 0 Å². The first-order valence-corrected chi connectivity index (χ1v) is 8.87. The van der Waals surface area contributed by atoms with E-state index in [2.05, 4.69) is 20.8 Å². The van der Waals surface area contributed by atoms with E-state index in [0.717, 1.165) is 44.9 Å². The molecule has 21 heavy (non-hydrogen) atoms. The number of ketones is 2. The van der Waals surface area contributed by atoms with Crippen LogP contribution in [-0.2, 0) is 9.59 Å². The fourth-order valence-corrected chi connectivity index (χ4v) is 7.41. The third kappa shape index (κ3) is 1.28. The number of rotatable bonds is 0. The predicted octanol–water partition coefficient (Wildman–Crippen LogP) is 4.31. The van der Waals surface area contributed by atoms with E-state index in [0.29, 0.717) is 17.5 Å². The summed E-state index contributed by atoms with van der Waals surface area (Å²) in [6.45, 7) is 6.78. The molecule has 4 unspecified atom stereocenters. The van der Waals surface area contributed by atoms with Gasteiger partial charge in [-0.1, -0.05) is 20.8 Å². The predicted molar refractivity (Wildman–Crippen MR) is 81.8 cm³/mol. The number of carbonyl (C=O) groups is 2. The molecule has 0 aromatic carbocycles. The van der Waals surface area contributed by atoms with Gasteiger partial charge in [-0.2, -0.15) is 0 Å². The van der Waals surface area contributed by atoms with Gasteiger partial charge in [0.05, 0.1) is 0 Å². The second kappa shape index (κ2) is 3.81. The Hall–Kier alpha value is -0.660. The first-order chi connectivity index (χ1) is 9.80. The molecule has 4 fully saturated rings. The molecule has 0 aliphatic heterocycles. The van der Waals surface area contributed by atoms with Gasteiger partial charge in [-0.15, -0.1) is 0 Å². The lowest BCUT2D eigenvalue weighted by atomic mass is 9.27. The largest absolute Gasteiger partial charge is 0.299 e. The Morgan fingerprint density at radius 3 is 2.29 bits per heavy atom. The normalized spacial score (nSPS) is 51.5. The minimum atomic E-state index is -0.190. The molecule has 0 N–H and O–H groups in total. The Balaban J connectivity index is 1.84. The van der Waals surface area contributed by atoms with Crippen molar-refractivity contribution in [1.29, 1.82) is 0 Å². The lowest BCUT2D eigenvalue weighted by Crippen LogP contribution is -2.72. The maximum atomic E-state index is 12.8. The standard InChI is InChI=1S/C19H28O2/c1-16(2)13-6-10-18-11-12-19(18,8-4-5-15(18)21)17(13,3)9-7-14(16)20/h13H,4-12H2,1-3H3. The molecule has 0 heterocycles. The van der Waals surface area contributed by atoms with Crippen LogP contribution in [0.25, 0.3) is 0 Å². The van der Waals surface area contributed by atoms with Crippen LogP contribution >= 0.6 is 0 Å². The topological polar surface area (TPSA) is 34.1 Å². The molecule has 0 spiro atoms. The summed E-state index contributed by atoms with van der Waals surface area (Å²) in [6.07, 6.45) is 9.38. The van der Waals surface area contributed by atoms with E-state index in [-0.39, 0.29) is 21.7 Å². The summed E-state index contributed by atoms with van der Waals surface area (Å²) < 4.78 is 0. The molecular formula is C19H28O2. The van der Waals surface area contributed by atoms with Gasteiger partial charge in [0, 0.05) is 23.7 Å². The third-order valence-corrected chi connectivity index (χ3v) is 8.62. The van der Waals surface area contributed by atoms with Crippen LogP contribution in [0.15, 0.2) is 0 Å². The molecule has 4 aliphatic carbocycles. The van der Waals surface area contributed by atoms with Crippen LogP contribution in [0.4, 0.5) is 0 Å². The summed E-state index contributed by atoms with van der Waals surface area (Å²) in [7, 11) is 0. The maximum Gasteiger partial charge on any atom is 0.139 e. The molecular weight excluding hydrogens is 260 g/mol. The van der Waals surface area contributed by atoms with Crippen molar-refractivity contribution in [2.24, 2.45) is 27.6 Å². The van der Waals surface area contributed by atoms with Gasteiger partial charge in [-0.25, -0.2) is 0 Å². The first-order valence-electron chi connectivity index (χ1n) is 8.87.